The van der Waals surface area contributed by atoms with E-state index in [0.717, 1.165) is 16.9 Å². The van der Waals surface area contributed by atoms with Crippen molar-refractivity contribution in [2.24, 2.45) is 0 Å². The Kier molecular flexibility index (Phi) is 6.65. The van der Waals surface area contributed by atoms with E-state index in [1.165, 1.54) is 0 Å². The molecule has 0 aromatic heterocycles. The molecular weight excluding hydrogens is 340 g/mol. The fourth-order valence-electron chi connectivity index (χ4n) is 2.23. The molecule has 26 heavy (non-hydrogen) atoms. The molecule has 0 unspecified atom stereocenters. The number of aryl methyl sites for hydroxylation is 1. The summed E-state index contributed by atoms with van der Waals surface area (Å²) in [7, 11) is -1.83. The van der Waals surface area contributed by atoms with Crippen molar-refractivity contribution in [2.75, 3.05) is 0 Å². The summed E-state index contributed by atoms with van der Waals surface area (Å²) in [6.45, 7) is 11.4. The average Bonchev–Trinajstić information content (AvgIpc) is 2.59. The van der Waals surface area contributed by atoms with Gasteiger partial charge in [-0.1, -0.05) is 63.2 Å². The molecule has 0 saturated carbocycles. The van der Waals surface area contributed by atoms with Gasteiger partial charge in [0.25, 0.3) is 0 Å². The molecule has 0 radical (unpaired) electrons. The van der Waals surface area contributed by atoms with Crippen LogP contribution in [0.4, 0.5) is 0 Å². The molecule has 0 spiro atoms. The summed E-state index contributed by atoms with van der Waals surface area (Å²) in [5.41, 5.74) is 2.12. The van der Waals surface area contributed by atoms with Crippen LogP contribution in [0.15, 0.2) is 54.6 Å². The van der Waals surface area contributed by atoms with Crippen LogP contribution in [0.1, 0.15) is 38.3 Å². The molecule has 0 N–H and O–H groups in total. The van der Waals surface area contributed by atoms with Gasteiger partial charge in [0.1, 0.15) is 12.4 Å². The van der Waals surface area contributed by atoms with E-state index >= 15 is 0 Å². The molecule has 0 aliphatic heterocycles. The third-order valence-electron chi connectivity index (χ3n) is 4.96. The van der Waals surface area contributed by atoms with Crippen LogP contribution in [0.3, 0.4) is 0 Å². The third-order valence-corrected chi connectivity index (χ3v) is 9.32. The first kappa shape index (κ1) is 20.2. The van der Waals surface area contributed by atoms with Crippen molar-refractivity contribution in [3.05, 3.63) is 65.7 Å². The van der Waals surface area contributed by atoms with Crippen molar-refractivity contribution in [3.63, 3.8) is 0 Å². The van der Waals surface area contributed by atoms with Crippen molar-refractivity contribution < 1.29 is 14.0 Å². The van der Waals surface area contributed by atoms with Crippen LogP contribution < -0.4 is 4.43 Å². The van der Waals surface area contributed by atoms with Gasteiger partial charge < -0.3 is 9.16 Å². The van der Waals surface area contributed by atoms with Crippen LogP contribution in [0.2, 0.25) is 18.1 Å². The van der Waals surface area contributed by atoms with Gasteiger partial charge in [-0.2, -0.15) is 0 Å². The number of ether oxygens (including phenoxy) is 1. The first-order chi connectivity index (χ1) is 12.2. The van der Waals surface area contributed by atoms with E-state index in [9.17, 15) is 4.79 Å². The zero-order chi connectivity index (χ0) is 19.2. The minimum absolute atomic E-state index is 0.167. The van der Waals surface area contributed by atoms with Gasteiger partial charge in [0, 0.05) is 6.42 Å². The Balaban J connectivity index is 1.81. The highest BCUT2D eigenvalue weighted by atomic mass is 28.4. The number of benzene rings is 2. The maximum atomic E-state index is 11.9. The third kappa shape index (κ3) is 6.02. The molecule has 0 fully saturated rings. The second-order valence-corrected chi connectivity index (χ2v) is 12.9. The van der Waals surface area contributed by atoms with E-state index in [2.05, 4.69) is 33.9 Å². The number of carbonyl (C=O) groups is 1. The minimum Gasteiger partial charge on any atom is -0.544 e. The smallest absolute Gasteiger partial charge is 0.306 e. The van der Waals surface area contributed by atoms with Crippen LogP contribution in [-0.2, 0) is 22.6 Å². The summed E-state index contributed by atoms with van der Waals surface area (Å²) in [4.78, 5) is 11.9. The zero-order valence-corrected chi connectivity index (χ0v) is 17.5. The quantitative estimate of drug-likeness (QED) is 0.460. The lowest BCUT2D eigenvalue weighted by atomic mass is 10.1. The topological polar surface area (TPSA) is 35.5 Å². The molecule has 0 amide bonds. The Hall–Kier alpha value is -2.07. The summed E-state index contributed by atoms with van der Waals surface area (Å²) < 4.78 is 11.6. The van der Waals surface area contributed by atoms with Crippen molar-refractivity contribution in [1.29, 1.82) is 0 Å². The van der Waals surface area contributed by atoms with Gasteiger partial charge in [0.2, 0.25) is 8.32 Å². The number of rotatable bonds is 7. The fraction of sp³-hybridized carbons (Fsp3) is 0.409. The van der Waals surface area contributed by atoms with Gasteiger partial charge in [-0.05, 0) is 47.8 Å². The van der Waals surface area contributed by atoms with Crippen LogP contribution in [-0.4, -0.2) is 14.3 Å². The van der Waals surface area contributed by atoms with Gasteiger partial charge in [0.05, 0.1) is 0 Å². The first-order valence-corrected chi connectivity index (χ1v) is 12.1. The second-order valence-electron chi connectivity index (χ2n) is 8.15. The van der Waals surface area contributed by atoms with Gasteiger partial charge in [-0.3, -0.25) is 4.79 Å². The van der Waals surface area contributed by atoms with Crippen molar-refractivity contribution in [1.82, 2.24) is 0 Å². The number of hydrogen-bond acceptors (Lipinski definition) is 3. The molecule has 3 nitrogen and oxygen atoms in total. The normalized spacial score (nSPS) is 11.9. The second kappa shape index (κ2) is 8.54. The number of hydrogen-bond donors (Lipinski definition) is 0. The molecule has 0 heterocycles. The first-order valence-electron chi connectivity index (χ1n) is 9.15. The Morgan fingerprint density at radius 2 is 1.54 bits per heavy atom. The Labute approximate surface area is 158 Å². The van der Waals surface area contributed by atoms with Gasteiger partial charge in [0.15, 0.2) is 0 Å². The Morgan fingerprint density at radius 1 is 0.923 bits per heavy atom. The molecule has 2 aromatic carbocycles. The predicted octanol–water partition coefficient (Wildman–Crippen LogP) is 5.75. The van der Waals surface area contributed by atoms with E-state index in [1.807, 2.05) is 54.6 Å². The van der Waals surface area contributed by atoms with Gasteiger partial charge >= 0.3 is 5.97 Å². The molecule has 2 rings (SSSR count). The fourth-order valence-corrected chi connectivity index (χ4v) is 3.26. The van der Waals surface area contributed by atoms with Crippen LogP contribution in [0.5, 0.6) is 5.75 Å². The van der Waals surface area contributed by atoms with Gasteiger partial charge in [-0.25, -0.2) is 0 Å². The molecule has 0 bridgehead atoms. The van der Waals surface area contributed by atoms with E-state index in [1.54, 1.807) is 0 Å². The monoisotopic (exact) mass is 370 g/mol. The zero-order valence-electron chi connectivity index (χ0n) is 16.5. The van der Waals surface area contributed by atoms with Gasteiger partial charge in [-0.15, -0.1) is 0 Å². The minimum atomic E-state index is -1.83. The number of esters is 1. The Bertz CT molecular complexity index is 700. The predicted molar refractivity (Wildman–Crippen MR) is 109 cm³/mol. The summed E-state index contributed by atoms with van der Waals surface area (Å²) in [5.74, 6) is 0.714. The maximum absolute atomic E-state index is 11.9. The summed E-state index contributed by atoms with van der Waals surface area (Å²) in [6.07, 6.45) is 1.11. The standard InChI is InChI=1S/C22H30O3Si/c1-22(2,3)26(4,5)25-20-14-11-19(12-15-20)17-24-21(23)16-13-18-9-7-6-8-10-18/h6-12,14-15H,13,16-17H2,1-5H3. The SMILES string of the molecule is CC(C)(C)[Si](C)(C)Oc1ccc(COC(=O)CCc2ccccc2)cc1. The molecule has 0 saturated heterocycles. The molecule has 0 atom stereocenters. The van der Waals surface area contributed by atoms with Crippen LogP contribution in [0.25, 0.3) is 0 Å². The highest BCUT2D eigenvalue weighted by Gasteiger charge is 2.38. The lowest BCUT2D eigenvalue weighted by molar-refractivity contribution is -0.144. The van der Waals surface area contributed by atoms with E-state index in [0.29, 0.717) is 19.4 Å². The van der Waals surface area contributed by atoms with Crippen molar-refractivity contribution in [2.45, 2.75) is 58.4 Å². The molecule has 0 aliphatic rings. The average molecular weight is 371 g/mol. The van der Waals surface area contributed by atoms with Crippen LogP contribution >= 0.6 is 0 Å². The van der Waals surface area contributed by atoms with Crippen molar-refractivity contribution >= 4 is 14.3 Å². The van der Waals surface area contributed by atoms with E-state index in [-0.39, 0.29) is 11.0 Å². The lowest BCUT2D eigenvalue weighted by Crippen LogP contribution is -2.43. The highest BCUT2D eigenvalue weighted by Crippen LogP contribution is 2.37. The maximum Gasteiger partial charge on any atom is 0.306 e. The van der Waals surface area contributed by atoms with Crippen molar-refractivity contribution in [3.8, 4) is 5.75 Å². The largest absolute Gasteiger partial charge is 0.544 e. The summed E-state index contributed by atoms with van der Waals surface area (Å²) in [6, 6.07) is 17.8. The molecule has 4 heteroatoms. The Morgan fingerprint density at radius 3 is 2.12 bits per heavy atom. The number of carbonyl (C=O) groups excluding carboxylic acids is 1. The molecule has 0 aliphatic carbocycles. The van der Waals surface area contributed by atoms with E-state index in [4.69, 9.17) is 9.16 Å². The summed E-state index contributed by atoms with van der Waals surface area (Å²) in [5, 5.41) is 0.167. The highest BCUT2D eigenvalue weighted by molar-refractivity contribution is 6.74. The molecular formula is C22H30O3Si. The van der Waals surface area contributed by atoms with Crippen LogP contribution in [0, 0.1) is 0 Å². The van der Waals surface area contributed by atoms with E-state index < -0.39 is 8.32 Å². The summed E-state index contributed by atoms with van der Waals surface area (Å²) >= 11 is 0. The lowest BCUT2D eigenvalue weighted by Gasteiger charge is -2.36. The molecule has 2 aromatic rings. The molecule has 140 valence electrons.